The number of ether oxygens (including phenoxy) is 1. The zero-order valence-electron chi connectivity index (χ0n) is 13.3. The first kappa shape index (κ1) is 18.1. The van der Waals surface area contributed by atoms with E-state index in [1.54, 1.807) is 6.07 Å². The fourth-order valence-corrected chi connectivity index (χ4v) is 3.00. The molecular formula is C20H16BrCl2NO. The Hall–Kier alpha value is -1.68. The van der Waals surface area contributed by atoms with E-state index in [9.17, 15) is 0 Å². The monoisotopic (exact) mass is 435 g/mol. The second-order valence-electron chi connectivity index (χ2n) is 5.53. The molecular weight excluding hydrogens is 421 g/mol. The summed E-state index contributed by atoms with van der Waals surface area (Å²) in [6.45, 7) is 1.16. The van der Waals surface area contributed by atoms with Gasteiger partial charge in [0.25, 0.3) is 0 Å². The van der Waals surface area contributed by atoms with Gasteiger partial charge in [-0.15, -0.1) is 0 Å². The fraction of sp³-hybridized carbons (Fsp3) is 0.100. The minimum Gasteiger partial charge on any atom is -0.489 e. The van der Waals surface area contributed by atoms with Crippen LogP contribution in [0.2, 0.25) is 10.0 Å². The van der Waals surface area contributed by atoms with Gasteiger partial charge in [0.2, 0.25) is 0 Å². The number of hydrogen-bond donors (Lipinski definition) is 1. The fourth-order valence-electron chi connectivity index (χ4n) is 2.28. The average molecular weight is 437 g/mol. The molecule has 0 aliphatic carbocycles. The quantitative estimate of drug-likeness (QED) is 0.451. The largest absolute Gasteiger partial charge is 0.489 e. The van der Waals surface area contributed by atoms with Crippen molar-refractivity contribution in [3.63, 3.8) is 0 Å². The first-order chi connectivity index (χ1) is 12.1. The molecule has 128 valence electrons. The molecule has 1 N–H and O–H groups in total. The second kappa shape index (κ2) is 8.61. The molecule has 0 saturated heterocycles. The van der Waals surface area contributed by atoms with Crippen molar-refractivity contribution < 1.29 is 4.74 Å². The molecule has 0 radical (unpaired) electrons. The molecule has 0 fully saturated rings. The number of benzene rings is 3. The van der Waals surface area contributed by atoms with Gasteiger partial charge < -0.3 is 10.1 Å². The van der Waals surface area contributed by atoms with Gasteiger partial charge in [-0.2, -0.15) is 0 Å². The minimum atomic E-state index is 0.409. The highest BCUT2D eigenvalue weighted by molar-refractivity contribution is 9.10. The van der Waals surface area contributed by atoms with Gasteiger partial charge in [-0.05, 0) is 54.1 Å². The van der Waals surface area contributed by atoms with Gasteiger partial charge in [-0.25, -0.2) is 0 Å². The Morgan fingerprint density at radius 2 is 1.60 bits per heavy atom. The number of halogens is 3. The lowest BCUT2D eigenvalue weighted by Crippen LogP contribution is -2.00. The summed E-state index contributed by atoms with van der Waals surface area (Å²) < 4.78 is 6.86. The molecule has 2 nitrogen and oxygen atoms in total. The van der Waals surface area contributed by atoms with Crippen LogP contribution in [-0.2, 0) is 13.2 Å². The average Bonchev–Trinajstić information content (AvgIpc) is 2.61. The van der Waals surface area contributed by atoms with Crippen LogP contribution in [0.3, 0.4) is 0 Å². The van der Waals surface area contributed by atoms with E-state index in [-0.39, 0.29) is 0 Å². The Labute approximate surface area is 165 Å². The van der Waals surface area contributed by atoms with Crippen molar-refractivity contribution in [1.29, 1.82) is 0 Å². The molecule has 0 amide bonds. The molecule has 0 aliphatic rings. The van der Waals surface area contributed by atoms with Crippen molar-refractivity contribution in [1.82, 2.24) is 0 Å². The van der Waals surface area contributed by atoms with Crippen molar-refractivity contribution in [2.24, 2.45) is 0 Å². The van der Waals surface area contributed by atoms with Crippen LogP contribution in [0.5, 0.6) is 5.75 Å². The molecule has 0 spiro atoms. The van der Waals surface area contributed by atoms with Crippen LogP contribution >= 0.6 is 39.1 Å². The van der Waals surface area contributed by atoms with Crippen LogP contribution in [-0.4, -0.2) is 0 Å². The Morgan fingerprint density at radius 1 is 0.880 bits per heavy atom. The lowest BCUT2D eigenvalue weighted by Gasteiger charge is -2.10. The van der Waals surface area contributed by atoms with E-state index in [0.29, 0.717) is 16.7 Å². The molecule has 0 atom stereocenters. The first-order valence-corrected chi connectivity index (χ1v) is 9.30. The van der Waals surface area contributed by atoms with E-state index >= 15 is 0 Å². The third-order valence-corrected chi connectivity index (χ3v) is 4.79. The van der Waals surface area contributed by atoms with Gasteiger partial charge in [-0.3, -0.25) is 0 Å². The van der Waals surface area contributed by atoms with Crippen molar-refractivity contribution >= 4 is 44.8 Å². The third-order valence-electron chi connectivity index (χ3n) is 3.67. The standard InChI is InChI=1S/C20H16BrCl2NO/c21-16-4-7-18(8-5-16)24-12-14-1-9-19(10-2-14)25-13-15-3-6-17(22)11-20(15)23/h1-11,24H,12-13H2. The van der Waals surface area contributed by atoms with E-state index in [0.717, 1.165) is 28.0 Å². The van der Waals surface area contributed by atoms with Crippen LogP contribution in [0, 0.1) is 0 Å². The van der Waals surface area contributed by atoms with Crippen molar-refractivity contribution in [3.05, 3.63) is 92.4 Å². The smallest absolute Gasteiger partial charge is 0.119 e. The molecule has 0 saturated carbocycles. The molecule has 0 unspecified atom stereocenters. The molecule has 3 aromatic carbocycles. The highest BCUT2D eigenvalue weighted by atomic mass is 79.9. The molecule has 3 rings (SSSR count). The van der Waals surface area contributed by atoms with E-state index in [1.807, 2.05) is 60.7 Å². The maximum atomic E-state index is 6.15. The SMILES string of the molecule is Clc1ccc(COc2ccc(CNc3ccc(Br)cc3)cc2)c(Cl)c1. The number of nitrogens with one attached hydrogen (secondary N) is 1. The summed E-state index contributed by atoms with van der Waals surface area (Å²) in [6, 6.07) is 21.5. The number of hydrogen-bond acceptors (Lipinski definition) is 2. The molecule has 0 aliphatic heterocycles. The summed E-state index contributed by atoms with van der Waals surface area (Å²) in [5, 5.41) is 4.62. The normalized spacial score (nSPS) is 10.5. The van der Waals surface area contributed by atoms with Crippen molar-refractivity contribution in [2.75, 3.05) is 5.32 Å². The third kappa shape index (κ3) is 5.40. The van der Waals surface area contributed by atoms with E-state index < -0.39 is 0 Å². The lowest BCUT2D eigenvalue weighted by atomic mass is 10.2. The topological polar surface area (TPSA) is 21.3 Å². The molecule has 0 heterocycles. The van der Waals surface area contributed by atoms with Gasteiger partial charge >= 0.3 is 0 Å². The van der Waals surface area contributed by atoms with Crippen LogP contribution in [0.4, 0.5) is 5.69 Å². The first-order valence-electron chi connectivity index (χ1n) is 7.75. The van der Waals surface area contributed by atoms with Crippen LogP contribution < -0.4 is 10.1 Å². The van der Waals surface area contributed by atoms with Gasteiger partial charge in [0.05, 0.1) is 0 Å². The van der Waals surface area contributed by atoms with Gasteiger partial charge in [0.1, 0.15) is 12.4 Å². The zero-order valence-corrected chi connectivity index (χ0v) is 16.4. The Balaban J connectivity index is 1.54. The molecule has 0 aromatic heterocycles. The van der Waals surface area contributed by atoms with E-state index in [2.05, 4.69) is 21.2 Å². The zero-order chi connectivity index (χ0) is 17.6. The van der Waals surface area contributed by atoms with Gasteiger partial charge in [0, 0.05) is 32.3 Å². The van der Waals surface area contributed by atoms with E-state index in [1.165, 1.54) is 5.56 Å². The number of rotatable bonds is 6. The summed E-state index contributed by atoms with van der Waals surface area (Å²) in [6.07, 6.45) is 0. The Kier molecular flexibility index (Phi) is 6.24. The summed E-state index contributed by atoms with van der Waals surface area (Å²) in [5.74, 6) is 0.804. The summed E-state index contributed by atoms with van der Waals surface area (Å²) in [5.41, 5.74) is 3.17. The second-order valence-corrected chi connectivity index (χ2v) is 7.29. The Bertz CT molecular complexity index is 835. The van der Waals surface area contributed by atoms with Crippen LogP contribution in [0.25, 0.3) is 0 Å². The molecule has 5 heteroatoms. The summed E-state index contributed by atoms with van der Waals surface area (Å²) >= 11 is 15.5. The molecule has 25 heavy (non-hydrogen) atoms. The van der Waals surface area contributed by atoms with Crippen LogP contribution in [0.15, 0.2) is 71.2 Å². The lowest BCUT2D eigenvalue weighted by molar-refractivity contribution is 0.306. The Morgan fingerprint density at radius 3 is 2.28 bits per heavy atom. The van der Waals surface area contributed by atoms with Crippen molar-refractivity contribution in [3.8, 4) is 5.75 Å². The minimum absolute atomic E-state index is 0.409. The maximum absolute atomic E-state index is 6.15. The highest BCUT2D eigenvalue weighted by Gasteiger charge is 2.03. The van der Waals surface area contributed by atoms with Gasteiger partial charge in [-0.1, -0.05) is 57.3 Å². The summed E-state index contributed by atoms with van der Waals surface area (Å²) in [4.78, 5) is 0. The van der Waals surface area contributed by atoms with E-state index in [4.69, 9.17) is 27.9 Å². The predicted molar refractivity (Wildman–Crippen MR) is 109 cm³/mol. The summed E-state index contributed by atoms with van der Waals surface area (Å²) in [7, 11) is 0. The van der Waals surface area contributed by atoms with Gasteiger partial charge in [0.15, 0.2) is 0 Å². The maximum Gasteiger partial charge on any atom is 0.119 e. The predicted octanol–water partition coefficient (Wildman–Crippen LogP) is 6.95. The highest BCUT2D eigenvalue weighted by Crippen LogP contribution is 2.23. The van der Waals surface area contributed by atoms with Crippen molar-refractivity contribution in [2.45, 2.75) is 13.2 Å². The van der Waals surface area contributed by atoms with Crippen LogP contribution in [0.1, 0.15) is 11.1 Å². The number of anilines is 1. The molecule has 3 aromatic rings. The molecule has 0 bridgehead atoms.